The van der Waals surface area contributed by atoms with Crippen LogP contribution in [0.3, 0.4) is 0 Å². The van der Waals surface area contributed by atoms with Crippen molar-refractivity contribution in [1.29, 1.82) is 0 Å². The maximum absolute atomic E-state index is 11.8. The van der Waals surface area contributed by atoms with E-state index in [-0.39, 0.29) is 17.9 Å². The fraction of sp³-hybridized carbons (Fsp3) is 0.533. The number of urea groups is 1. The second-order valence-corrected chi connectivity index (χ2v) is 6.32. The first-order valence-electron chi connectivity index (χ1n) is 7.53. The van der Waals surface area contributed by atoms with Crippen LogP contribution in [0.1, 0.15) is 25.0 Å². The second kappa shape index (κ2) is 6.52. The highest BCUT2D eigenvalue weighted by Gasteiger charge is 2.39. The molecular weight excluding hydrogens is 304 g/mol. The van der Waals surface area contributed by atoms with Crippen LogP contribution < -0.4 is 10.6 Å². The molecule has 1 saturated heterocycles. The fourth-order valence-corrected chi connectivity index (χ4v) is 2.78. The summed E-state index contributed by atoms with van der Waals surface area (Å²) in [5.74, 6) is 0.438. The van der Waals surface area contributed by atoms with E-state index in [9.17, 15) is 9.59 Å². The molecule has 2 fully saturated rings. The first kappa shape index (κ1) is 15.1. The number of aromatic nitrogens is 1. The van der Waals surface area contributed by atoms with E-state index >= 15 is 0 Å². The van der Waals surface area contributed by atoms with Gasteiger partial charge in [-0.05, 0) is 25.0 Å². The van der Waals surface area contributed by atoms with Crippen LogP contribution in [0.25, 0.3) is 0 Å². The third-order valence-corrected chi connectivity index (χ3v) is 4.22. The average molecular weight is 323 g/mol. The van der Waals surface area contributed by atoms with Crippen LogP contribution in [-0.4, -0.2) is 41.0 Å². The zero-order chi connectivity index (χ0) is 15.5. The summed E-state index contributed by atoms with van der Waals surface area (Å²) in [4.78, 5) is 29.7. The Kier molecular flexibility index (Phi) is 4.47. The van der Waals surface area contributed by atoms with Crippen LogP contribution in [0.5, 0.6) is 0 Å². The second-order valence-electron chi connectivity index (χ2n) is 5.88. The Bertz CT molecular complexity index is 559. The minimum Gasteiger partial charge on any atom is -0.339 e. The number of nitrogens with zero attached hydrogens (tertiary/aromatic N) is 2. The summed E-state index contributed by atoms with van der Waals surface area (Å²) in [5, 5.41) is 6.14. The lowest BCUT2D eigenvalue weighted by atomic mass is 10.1. The molecule has 22 heavy (non-hydrogen) atoms. The van der Waals surface area contributed by atoms with Crippen LogP contribution in [0, 0.1) is 5.92 Å². The Balaban J connectivity index is 1.37. The Labute approximate surface area is 134 Å². The standard InChI is InChI=1S/C15H19ClN4O2/c16-11-1-2-12(17-7-11)8-19-15(22)18-6-10-5-14(21)20(9-10)13-3-4-13/h1-2,7,10,13H,3-6,8-9H2,(H2,18,19,22)/t10-/m0/s1. The third-order valence-electron chi connectivity index (χ3n) is 4.00. The smallest absolute Gasteiger partial charge is 0.315 e. The molecule has 7 heteroatoms. The van der Waals surface area contributed by atoms with Gasteiger partial charge in [0.1, 0.15) is 0 Å². The lowest BCUT2D eigenvalue weighted by Gasteiger charge is -2.15. The Hall–Kier alpha value is -1.82. The number of nitrogens with one attached hydrogen (secondary N) is 2. The maximum Gasteiger partial charge on any atom is 0.315 e. The number of halogens is 1. The van der Waals surface area contributed by atoms with Crippen LogP contribution in [-0.2, 0) is 11.3 Å². The van der Waals surface area contributed by atoms with Gasteiger partial charge < -0.3 is 15.5 Å². The van der Waals surface area contributed by atoms with Gasteiger partial charge in [-0.2, -0.15) is 0 Å². The molecule has 0 aromatic carbocycles. The zero-order valence-electron chi connectivity index (χ0n) is 12.2. The van der Waals surface area contributed by atoms with Gasteiger partial charge >= 0.3 is 6.03 Å². The van der Waals surface area contributed by atoms with E-state index < -0.39 is 0 Å². The van der Waals surface area contributed by atoms with Crippen molar-refractivity contribution in [2.45, 2.75) is 31.8 Å². The summed E-state index contributed by atoms with van der Waals surface area (Å²) in [6.07, 6.45) is 4.34. The molecule has 0 spiro atoms. The highest BCUT2D eigenvalue weighted by atomic mass is 35.5. The quantitative estimate of drug-likeness (QED) is 0.863. The molecular formula is C15H19ClN4O2. The molecule has 0 unspecified atom stereocenters. The van der Waals surface area contributed by atoms with E-state index in [0.29, 0.717) is 30.6 Å². The minimum absolute atomic E-state index is 0.215. The van der Waals surface area contributed by atoms with Crippen LogP contribution in [0.2, 0.25) is 5.02 Å². The molecule has 3 rings (SSSR count). The first-order chi connectivity index (χ1) is 10.6. The van der Waals surface area contributed by atoms with Gasteiger partial charge in [0, 0.05) is 37.7 Å². The SMILES string of the molecule is O=C(NCc1ccc(Cl)cn1)NC[C@@H]1CC(=O)N(C2CC2)C1. The van der Waals surface area contributed by atoms with Gasteiger partial charge in [0.05, 0.1) is 17.3 Å². The molecule has 0 bridgehead atoms. The van der Waals surface area contributed by atoms with Crippen LogP contribution in [0.4, 0.5) is 4.79 Å². The van der Waals surface area contributed by atoms with Crippen molar-refractivity contribution >= 4 is 23.5 Å². The number of pyridine rings is 1. The van der Waals surface area contributed by atoms with Crippen molar-refractivity contribution in [2.75, 3.05) is 13.1 Å². The van der Waals surface area contributed by atoms with E-state index in [1.807, 2.05) is 4.90 Å². The number of carbonyl (C=O) groups excluding carboxylic acids is 2. The van der Waals surface area contributed by atoms with Gasteiger partial charge in [-0.15, -0.1) is 0 Å². The maximum atomic E-state index is 11.8. The highest BCUT2D eigenvalue weighted by molar-refractivity contribution is 6.30. The van der Waals surface area contributed by atoms with E-state index in [4.69, 9.17) is 11.6 Å². The Morgan fingerprint density at radius 3 is 2.86 bits per heavy atom. The Morgan fingerprint density at radius 1 is 1.36 bits per heavy atom. The molecule has 1 aromatic heterocycles. The monoisotopic (exact) mass is 322 g/mol. The van der Waals surface area contributed by atoms with Crippen LogP contribution in [0.15, 0.2) is 18.3 Å². The van der Waals surface area contributed by atoms with Crippen molar-refractivity contribution in [3.63, 3.8) is 0 Å². The molecule has 1 saturated carbocycles. The summed E-state index contributed by atoms with van der Waals surface area (Å²) < 4.78 is 0. The minimum atomic E-state index is -0.242. The van der Waals surface area contributed by atoms with Gasteiger partial charge in [-0.3, -0.25) is 9.78 Å². The molecule has 1 atom stereocenters. The number of rotatable bonds is 5. The highest BCUT2D eigenvalue weighted by Crippen LogP contribution is 2.32. The molecule has 6 nitrogen and oxygen atoms in total. The molecule has 1 aliphatic carbocycles. The largest absolute Gasteiger partial charge is 0.339 e. The zero-order valence-corrected chi connectivity index (χ0v) is 13.0. The molecule has 3 amide bonds. The number of hydrogen-bond acceptors (Lipinski definition) is 3. The van der Waals surface area contributed by atoms with Gasteiger partial charge in [-0.1, -0.05) is 11.6 Å². The molecule has 1 aromatic rings. The fourth-order valence-electron chi connectivity index (χ4n) is 2.67. The van der Waals surface area contributed by atoms with E-state index in [1.54, 1.807) is 18.3 Å². The van der Waals surface area contributed by atoms with Crippen molar-refractivity contribution < 1.29 is 9.59 Å². The third kappa shape index (κ3) is 3.88. The summed E-state index contributed by atoms with van der Waals surface area (Å²) in [6.45, 7) is 1.64. The van der Waals surface area contributed by atoms with Crippen molar-refractivity contribution in [3.05, 3.63) is 29.0 Å². The average Bonchev–Trinajstić information content (AvgIpc) is 3.28. The van der Waals surface area contributed by atoms with Crippen molar-refractivity contribution in [3.8, 4) is 0 Å². The summed E-state index contributed by atoms with van der Waals surface area (Å²) in [6, 6.07) is 3.72. The molecule has 2 N–H and O–H groups in total. The molecule has 118 valence electrons. The summed E-state index contributed by atoms with van der Waals surface area (Å²) >= 11 is 5.75. The molecule has 2 heterocycles. The van der Waals surface area contributed by atoms with Gasteiger partial charge in [0.15, 0.2) is 0 Å². The van der Waals surface area contributed by atoms with E-state index in [0.717, 1.165) is 25.1 Å². The number of likely N-dealkylation sites (tertiary alicyclic amines) is 1. The molecule has 2 aliphatic rings. The predicted octanol–water partition coefficient (Wildman–Crippen LogP) is 1.55. The normalized spacial score (nSPS) is 21.0. The topological polar surface area (TPSA) is 74.3 Å². The predicted molar refractivity (Wildman–Crippen MR) is 82.3 cm³/mol. The Morgan fingerprint density at radius 2 is 2.18 bits per heavy atom. The number of carbonyl (C=O) groups is 2. The van der Waals surface area contributed by atoms with Gasteiger partial charge in [-0.25, -0.2) is 4.79 Å². The van der Waals surface area contributed by atoms with Crippen molar-refractivity contribution in [1.82, 2.24) is 20.5 Å². The van der Waals surface area contributed by atoms with Crippen LogP contribution >= 0.6 is 11.6 Å². The first-order valence-corrected chi connectivity index (χ1v) is 7.91. The van der Waals surface area contributed by atoms with E-state index in [1.165, 1.54) is 0 Å². The van der Waals surface area contributed by atoms with E-state index in [2.05, 4.69) is 15.6 Å². The molecule has 1 aliphatic heterocycles. The summed E-state index contributed by atoms with van der Waals surface area (Å²) in [7, 11) is 0. The lowest BCUT2D eigenvalue weighted by Crippen LogP contribution is -2.38. The molecule has 0 radical (unpaired) electrons. The number of hydrogen-bond donors (Lipinski definition) is 2. The number of amides is 3. The lowest BCUT2D eigenvalue weighted by molar-refractivity contribution is -0.128. The summed E-state index contributed by atoms with van der Waals surface area (Å²) in [5.41, 5.74) is 0.746. The van der Waals surface area contributed by atoms with Gasteiger partial charge in [0.2, 0.25) is 5.91 Å². The van der Waals surface area contributed by atoms with Crippen molar-refractivity contribution in [2.24, 2.45) is 5.92 Å². The van der Waals surface area contributed by atoms with Gasteiger partial charge in [0.25, 0.3) is 0 Å².